The van der Waals surface area contributed by atoms with Gasteiger partial charge in [0.05, 0.1) is 5.56 Å². The first-order valence-electron chi connectivity index (χ1n) is 6.28. The van der Waals surface area contributed by atoms with Gasteiger partial charge in [-0.25, -0.2) is 4.98 Å². The van der Waals surface area contributed by atoms with Crippen molar-refractivity contribution in [3.63, 3.8) is 0 Å². The average molecular weight is 251 g/mol. The zero-order valence-corrected chi connectivity index (χ0v) is 11.0. The molecule has 0 aliphatic heterocycles. The quantitative estimate of drug-likeness (QED) is 0.690. The third-order valence-electron chi connectivity index (χ3n) is 2.39. The van der Waals surface area contributed by atoms with Crippen LogP contribution < -0.4 is 10.6 Å². The molecule has 5 heteroatoms. The van der Waals surface area contributed by atoms with Crippen LogP contribution in [0.15, 0.2) is 18.3 Å². The first kappa shape index (κ1) is 14.4. The molecule has 0 spiro atoms. The van der Waals surface area contributed by atoms with Crippen molar-refractivity contribution in [2.24, 2.45) is 0 Å². The molecule has 0 bridgehead atoms. The van der Waals surface area contributed by atoms with E-state index in [-0.39, 0.29) is 5.91 Å². The monoisotopic (exact) mass is 251 g/mol. The lowest BCUT2D eigenvalue weighted by molar-refractivity contribution is 0.0942. The van der Waals surface area contributed by atoms with Crippen molar-refractivity contribution in [2.75, 3.05) is 32.1 Å². The molecule has 2 N–H and O–H groups in total. The van der Waals surface area contributed by atoms with Gasteiger partial charge in [0.1, 0.15) is 5.82 Å². The fourth-order valence-corrected chi connectivity index (χ4v) is 1.51. The lowest BCUT2D eigenvalue weighted by atomic mass is 10.2. The van der Waals surface area contributed by atoms with E-state index in [2.05, 4.69) is 22.5 Å². The molecule has 18 heavy (non-hydrogen) atoms. The van der Waals surface area contributed by atoms with E-state index in [1.807, 2.05) is 0 Å². The van der Waals surface area contributed by atoms with E-state index in [9.17, 15) is 4.79 Å². The van der Waals surface area contributed by atoms with Crippen molar-refractivity contribution < 1.29 is 9.53 Å². The maximum atomic E-state index is 11.9. The Morgan fingerprint density at radius 3 is 3.00 bits per heavy atom. The number of carbonyl (C=O) groups excluding carboxylic acids is 1. The highest BCUT2D eigenvalue weighted by molar-refractivity contribution is 5.98. The molecule has 1 amide bonds. The Hall–Kier alpha value is -1.62. The Balaban J connectivity index is 2.32. The van der Waals surface area contributed by atoms with Crippen LogP contribution in [0.3, 0.4) is 0 Å². The van der Waals surface area contributed by atoms with Crippen LogP contribution >= 0.6 is 0 Å². The van der Waals surface area contributed by atoms with Crippen molar-refractivity contribution in [2.45, 2.75) is 19.8 Å². The Morgan fingerprint density at radius 1 is 1.44 bits per heavy atom. The average Bonchev–Trinajstić information content (AvgIpc) is 2.42. The fraction of sp³-hybridized carbons (Fsp3) is 0.538. The summed E-state index contributed by atoms with van der Waals surface area (Å²) in [4.78, 5) is 16.0. The van der Waals surface area contributed by atoms with Crippen LogP contribution in [0.2, 0.25) is 0 Å². The molecule has 0 saturated carbocycles. The molecule has 1 aromatic heterocycles. The van der Waals surface area contributed by atoms with Crippen LogP contribution in [0.1, 0.15) is 30.1 Å². The van der Waals surface area contributed by atoms with Crippen LogP contribution in [-0.4, -0.2) is 37.7 Å². The van der Waals surface area contributed by atoms with Gasteiger partial charge in [-0.05, 0) is 25.0 Å². The van der Waals surface area contributed by atoms with Crippen molar-refractivity contribution in [3.05, 3.63) is 23.9 Å². The number of pyridine rings is 1. The molecule has 100 valence electrons. The van der Waals surface area contributed by atoms with E-state index in [0.29, 0.717) is 24.5 Å². The smallest absolute Gasteiger partial charge is 0.255 e. The molecule has 0 aromatic carbocycles. The number of aromatic nitrogens is 1. The van der Waals surface area contributed by atoms with Crippen LogP contribution in [0.5, 0.6) is 0 Å². The van der Waals surface area contributed by atoms with Gasteiger partial charge in [0, 0.05) is 33.0 Å². The molecule has 0 aliphatic rings. The van der Waals surface area contributed by atoms with Gasteiger partial charge in [0.15, 0.2) is 0 Å². The van der Waals surface area contributed by atoms with E-state index >= 15 is 0 Å². The minimum absolute atomic E-state index is 0.108. The Bertz CT molecular complexity index is 369. The Morgan fingerprint density at radius 2 is 2.28 bits per heavy atom. The number of carbonyl (C=O) groups is 1. The van der Waals surface area contributed by atoms with E-state index in [1.54, 1.807) is 25.4 Å². The van der Waals surface area contributed by atoms with Gasteiger partial charge in [0.2, 0.25) is 0 Å². The third-order valence-corrected chi connectivity index (χ3v) is 2.39. The van der Waals surface area contributed by atoms with Gasteiger partial charge in [-0.15, -0.1) is 0 Å². The van der Waals surface area contributed by atoms with E-state index < -0.39 is 0 Å². The van der Waals surface area contributed by atoms with Gasteiger partial charge in [0.25, 0.3) is 5.91 Å². The van der Waals surface area contributed by atoms with Gasteiger partial charge in [-0.1, -0.05) is 6.92 Å². The van der Waals surface area contributed by atoms with Crippen molar-refractivity contribution in [1.29, 1.82) is 0 Å². The van der Waals surface area contributed by atoms with Crippen LogP contribution in [0, 0.1) is 0 Å². The van der Waals surface area contributed by atoms with Crippen molar-refractivity contribution in [1.82, 2.24) is 10.3 Å². The predicted octanol–water partition coefficient (Wildman–Crippen LogP) is 1.67. The second kappa shape index (κ2) is 8.47. The molecular weight excluding hydrogens is 230 g/mol. The first-order chi connectivity index (χ1) is 8.79. The highest BCUT2D eigenvalue weighted by Gasteiger charge is 2.09. The lowest BCUT2D eigenvalue weighted by Crippen LogP contribution is -2.26. The zero-order valence-electron chi connectivity index (χ0n) is 11.0. The first-order valence-corrected chi connectivity index (χ1v) is 6.28. The van der Waals surface area contributed by atoms with E-state index in [0.717, 1.165) is 19.4 Å². The summed E-state index contributed by atoms with van der Waals surface area (Å²) in [6.45, 7) is 4.14. The molecule has 0 unspecified atom stereocenters. The summed E-state index contributed by atoms with van der Waals surface area (Å²) < 4.78 is 5.34. The summed E-state index contributed by atoms with van der Waals surface area (Å²) in [6, 6.07) is 3.50. The maximum absolute atomic E-state index is 11.9. The molecule has 1 aromatic rings. The third kappa shape index (κ3) is 4.71. The SMILES string of the molecule is CCCOCCCNC(=O)c1cccnc1NC. The Kier molecular flexibility index (Phi) is 6.79. The normalized spacial score (nSPS) is 10.1. The predicted molar refractivity (Wildman–Crippen MR) is 71.8 cm³/mol. The van der Waals surface area contributed by atoms with Crippen LogP contribution in [-0.2, 0) is 4.74 Å². The lowest BCUT2D eigenvalue weighted by Gasteiger charge is -2.08. The minimum Gasteiger partial charge on any atom is -0.381 e. The van der Waals surface area contributed by atoms with Crippen LogP contribution in [0.25, 0.3) is 0 Å². The molecule has 1 heterocycles. The number of rotatable bonds is 8. The standard InChI is InChI=1S/C13H21N3O2/c1-3-9-18-10-5-8-16-13(17)11-6-4-7-15-12(11)14-2/h4,6-7H,3,5,8-10H2,1-2H3,(H,14,15)(H,16,17). The number of ether oxygens (including phenoxy) is 1. The molecule has 0 radical (unpaired) electrons. The van der Waals surface area contributed by atoms with Gasteiger partial charge < -0.3 is 15.4 Å². The molecular formula is C13H21N3O2. The summed E-state index contributed by atoms with van der Waals surface area (Å²) in [5.41, 5.74) is 0.564. The number of hydrogen-bond acceptors (Lipinski definition) is 4. The van der Waals surface area contributed by atoms with Gasteiger partial charge in [-0.2, -0.15) is 0 Å². The number of nitrogens with zero attached hydrogens (tertiary/aromatic N) is 1. The summed E-state index contributed by atoms with van der Waals surface area (Å²) in [5.74, 6) is 0.486. The highest BCUT2D eigenvalue weighted by atomic mass is 16.5. The second-order valence-electron chi connectivity index (χ2n) is 3.87. The molecule has 0 fully saturated rings. The fourth-order valence-electron chi connectivity index (χ4n) is 1.51. The van der Waals surface area contributed by atoms with E-state index in [1.165, 1.54) is 0 Å². The second-order valence-corrected chi connectivity index (χ2v) is 3.87. The highest BCUT2D eigenvalue weighted by Crippen LogP contribution is 2.09. The molecule has 5 nitrogen and oxygen atoms in total. The molecule has 0 atom stereocenters. The summed E-state index contributed by atoms with van der Waals surface area (Å²) in [7, 11) is 1.75. The number of nitrogens with one attached hydrogen (secondary N) is 2. The summed E-state index contributed by atoms with van der Waals surface area (Å²) >= 11 is 0. The minimum atomic E-state index is -0.108. The molecule has 0 saturated heterocycles. The largest absolute Gasteiger partial charge is 0.381 e. The zero-order chi connectivity index (χ0) is 13.2. The van der Waals surface area contributed by atoms with Crippen molar-refractivity contribution in [3.8, 4) is 0 Å². The summed E-state index contributed by atoms with van der Waals surface area (Å²) in [5, 5.41) is 5.75. The topological polar surface area (TPSA) is 63.2 Å². The maximum Gasteiger partial charge on any atom is 0.255 e. The molecule has 0 aliphatic carbocycles. The summed E-state index contributed by atoms with van der Waals surface area (Å²) in [6.07, 6.45) is 3.50. The number of hydrogen-bond donors (Lipinski definition) is 2. The van der Waals surface area contributed by atoms with Crippen molar-refractivity contribution >= 4 is 11.7 Å². The number of amides is 1. The molecule has 1 rings (SSSR count). The Labute approximate surface area is 108 Å². The number of anilines is 1. The van der Waals surface area contributed by atoms with Crippen LogP contribution in [0.4, 0.5) is 5.82 Å². The van der Waals surface area contributed by atoms with E-state index in [4.69, 9.17) is 4.74 Å². The van der Waals surface area contributed by atoms with Gasteiger partial charge >= 0.3 is 0 Å². The van der Waals surface area contributed by atoms with Gasteiger partial charge in [-0.3, -0.25) is 4.79 Å².